The minimum atomic E-state index is -0.113. The van der Waals surface area contributed by atoms with E-state index in [-0.39, 0.29) is 12.0 Å². The van der Waals surface area contributed by atoms with Gasteiger partial charge in [-0.2, -0.15) is 0 Å². The van der Waals surface area contributed by atoms with Crippen LogP contribution in [0.1, 0.15) is 33.9 Å². The van der Waals surface area contributed by atoms with Gasteiger partial charge in [0.1, 0.15) is 23.1 Å². The van der Waals surface area contributed by atoms with Crippen LogP contribution in [-0.4, -0.2) is 41.8 Å². The maximum Gasteiger partial charge on any atom is 0.253 e. The molecule has 1 atom stereocenters. The van der Waals surface area contributed by atoms with Crippen molar-refractivity contribution in [3.8, 4) is 22.9 Å². The minimum Gasteiger partial charge on any atom is -0.497 e. The summed E-state index contributed by atoms with van der Waals surface area (Å²) < 4.78 is 19.1. The number of hydrogen-bond acceptors (Lipinski definition) is 6. The average molecular weight is 468 g/mol. The lowest BCUT2D eigenvalue weighted by molar-refractivity contribution is 0.0944. The van der Waals surface area contributed by atoms with E-state index in [4.69, 9.17) is 19.2 Å². The highest BCUT2D eigenvalue weighted by Crippen LogP contribution is 2.30. The van der Waals surface area contributed by atoms with Gasteiger partial charge in [0, 0.05) is 30.8 Å². The summed E-state index contributed by atoms with van der Waals surface area (Å²) in [6.07, 6.45) is 3.91. The number of carbonyl (C=O) groups excluding carboxylic acids is 1. The van der Waals surface area contributed by atoms with E-state index < -0.39 is 0 Å². The van der Waals surface area contributed by atoms with E-state index in [1.54, 1.807) is 24.5 Å². The number of amides is 1. The highest BCUT2D eigenvalue weighted by molar-refractivity contribution is 7.09. The second-order valence-corrected chi connectivity index (χ2v) is 8.81. The molecule has 8 heteroatoms. The molecule has 2 aromatic heterocycles. The lowest BCUT2D eigenvalue weighted by Gasteiger charge is -2.15. The molecule has 3 heterocycles. The number of carbonyl (C=O) groups is 1. The normalized spacial score (nSPS) is 15.4. The van der Waals surface area contributed by atoms with Crippen LogP contribution in [0, 0.1) is 6.92 Å². The Morgan fingerprint density at radius 1 is 1.36 bits per heavy atom. The third kappa shape index (κ3) is 5.46. The van der Waals surface area contributed by atoms with Crippen LogP contribution >= 0.6 is 11.3 Å². The van der Waals surface area contributed by atoms with E-state index in [1.807, 2.05) is 42.6 Å². The van der Waals surface area contributed by atoms with Crippen molar-refractivity contribution in [1.82, 2.24) is 14.9 Å². The predicted molar refractivity (Wildman–Crippen MR) is 129 cm³/mol. The molecular formula is C25H29N3O4S. The van der Waals surface area contributed by atoms with E-state index in [0.717, 1.165) is 53.0 Å². The van der Waals surface area contributed by atoms with Crippen molar-refractivity contribution < 1.29 is 19.0 Å². The van der Waals surface area contributed by atoms with Gasteiger partial charge in [0.15, 0.2) is 0 Å². The largest absolute Gasteiger partial charge is 0.497 e. The maximum absolute atomic E-state index is 12.7. The quantitative estimate of drug-likeness (QED) is 0.441. The monoisotopic (exact) mass is 467 g/mol. The van der Waals surface area contributed by atoms with Crippen LogP contribution in [0.25, 0.3) is 11.4 Å². The fraction of sp³-hybridized carbons (Fsp3) is 0.360. The maximum atomic E-state index is 12.7. The van der Waals surface area contributed by atoms with Crippen molar-refractivity contribution in [2.45, 2.75) is 39.0 Å². The summed E-state index contributed by atoms with van der Waals surface area (Å²) in [6.45, 7) is 7.93. The number of aromatic nitrogens is 2. The lowest BCUT2D eigenvalue weighted by Crippen LogP contribution is -2.24. The molecule has 3 aromatic rings. The molecule has 174 valence electrons. The number of benzene rings is 1. The number of methoxy groups -OCH3 is 1. The number of rotatable bonds is 10. The first-order chi connectivity index (χ1) is 16.1. The fourth-order valence-electron chi connectivity index (χ4n) is 3.89. The number of ether oxygens (including phenoxy) is 3. The predicted octanol–water partition coefficient (Wildman–Crippen LogP) is 4.60. The molecule has 1 aliphatic rings. The van der Waals surface area contributed by atoms with Crippen LogP contribution in [0.5, 0.6) is 11.5 Å². The van der Waals surface area contributed by atoms with Crippen molar-refractivity contribution in [2.75, 3.05) is 20.3 Å². The molecule has 7 nitrogen and oxygen atoms in total. The lowest BCUT2D eigenvalue weighted by atomic mass is 10.2. The van der Waals surface area contributed by atoms with Crippen LogP contribution in [0.2, 0.25) is 0 Å². The molecule has 0 spiro atoms. The first kappa shape index (κ1) is 23.1. The Hall–Kier alpha value is -3.10. The third-order valence-electron chi connectivity index (χ3n) is 5.66. The third-order valence-corrected chi connectivity index (χ3v) is 6.49. The Labute approximate surface area is 198 Å². The van der Waals surface area contributed by atoms with Crippen LogP contribution in [-0.2, 0) is 17.9 Å². The second-order valence-electron chi connectivity index (χ2n) is 7.86. The van der Waals surface area contributed by atoms with Crippen molar-refractivity contribution in [3.05, 3.63) is 64.6 Å². The molecule has 0 radical (unpaired) electrons. The van der Waals surface area contributed by atoms with Crippen LogP contribution < -0.4 is 14.8 Å². The van der Waals surface area contributed by atoms with Gasteiger partial charge in [-0.3, -0.25) is 4.79 Å². The molecule has 1 aliphatic heterocycles. The molecule has 1 fully saturated rings. The Morgan fingerprint density at radius 3 is 2.85 bits per heavy atom. The van der Waals surface area contributed by atoms with Crippen molar-refractivity contribution >= 4 is 17.2 Å². The fourth-order valence-corrected chi connectivity index (χ4v) is 4.59. The van der Waals surface area contributed by atoms with Gasteiger partial charge in [0.05, 0.1) is 30.2 Å². The van der Waals surface area contributed by atoms with E-state index in [1.165, 1.54) is 0 Å². The first-order valence-electron chi connectivity index (χ1n) is 11.0. The number of nitrogens with zero attached hydrogens (tertiary/aromatic N) is 2. The van der Waals surface area contributed by atoms with Gasteiger partial charge in [0.25, 0.3) is 5.91 Å². The molecule has 1 saturated heterocycles. The Bertz CT molecular complexity index is 1100. The molecule has 1 amide bonds. The molecular weight excluding hydrogens is 438 g/mol. The van der Waals surface area contributed by atoms with Gasteiger partial charge in [-0.25, -0.2) is 4.98 Å². The first-order valence-corrected chi connectivity index (χ1v) is 11.9. The molecule has 0 aliphatic carbocycles. The van der Waals surface area contributed by atoms with Crippen molar-refractivity contribution in [2.24, 2.45) is 0 Å². The Balaban J connectivity index is 1.55. The zero-order chi connectivity index (χ0) is 23.2. The van der Waals surface area contributed by atoms with Gasteiger partial charge in [-0.05, 0) is 50.1 Å². The number of hydrogen-bond donors (Lipinski definition) is 1. The van der Waals surface area contributed by atoms with Crippen molar-refractivity contribution in [1.29, 1.82) is 0 Å². The van der Waals surface area contributed by atoms with Crippen LogP contribution in [0.4, 0.5) is 0 Å². The topological polar surface area (TPSA) is 74.6 Å². The summed E-state index contributed by atoms with van der Waals surface area (Å²) in [7, 11) is 1.64. The van der Waals surface area contributed by atoms with E-state index in [2.05, 4.69) is 16.5 Å². The standard InChI is InChI=1S/C25H29N3O4S/c1-4-11-26-25(29)21-13-23(28(17(21)2)14-20-6-5-12-31-20)22-16-33-24(27-22)15-32-19-9-7-18(30-3)8-10-19/h4,7-10,13,16,20H,1,5-6,11-12,14-15H2,2-3H3,(H,26,29). The van der Waals surface area contributed by atoms with Gasteiger partial charge in [-0.15, -0.1) is 17.9 Å². The summed E-state index contributed by atoms with van der Waals surface area (Å²) in [5, 5.41) is 5.75. The number of thiazole rings is 1. The van der Waals surface area contributed by atoms with Crippen molar-refractivity contribution in [3.63, 3.8) is 0 Å². The molecule has 1 N–H and O–H groups in total. The second kappa shape index (κ2) is 10.7. The summed E-state index contributed by atoms with van der Waals surface area (Å²) in [6, 6.07) is 9.39. The minimum absolute atomic E-state index is 0.113. The molecule has 1 aromatic carbocycles. The van der Waals surface area contributed by atoms with Crippen LogP contribution in [0.3, 0.4) is 0 Å². The zero-order valence-corrected chi connectivity index (χ0v) is 19.8. The summed E-state index contributed by atoms with van der Waals surface area (Å²) in [5.74, 6) is 1.43. The zero-order valence-electron chi connectivity index (χ0n) is 19.0. The Kier molecular flexibility index (Phi) is 7.47. The van der Waals surface area contributed by atoms with Gasteiger partial charge < -0.3 is 24.1 Å². The average Bonchev–Trinajstić information content (AvgIpc) is 3.58. The highest BCUT2D eigenvalue weighted by atomic mass is 32.1. The van der Waals surface area contributed by atoms with E-state index in [9.17, 15) is 4.79 Å². The molecule has 33 heavy (non-hydrogen) atoms. The molecule has 0 saturated carbocycles. The Morgan fingerprint density at radius 2 is 2.15 bits per heavy atom. The van der Waals surface area contributed by atoms with E-state index in [0.29, 0.717) is 25.3 Å². The molecule has 1 unspecified atom stereocenters. The SMILES string of the molecule is C=CCNC(=O)c1cc(-c2csc(COc3ccc(OC)cc3)n2)n(CC2CCCO2)c1C. The summed E-state index contributed by atoms with van der Waals surface area (Å²) in [5.41, 5.74) is 3.30. The summed E-state index contributed by atoms with van der Waals surface area (Å²) in [4.78, 5) is 17.5. The van der Waals surface area contributed by atoms with Crippen LogP contribution in [0.15, 0.2) is 48.4 Å². The molecule has 4 rings (SSSR count). The summed E-state index contributed by atoms with van der Waals surface area (Å²) >= 11 is 1.54. The van der Waals surface area contributed by atoms with Gasteiger partial charge in [-0.1, -0.05) is 6.08 Å². The van der Waals surface area contributed by atoms with Gasteiger partial charge in [0.2, 0.25) is 0 Å². The smallest absolute Gasteiger partial charge is 0.253 e. The van der Waals surface area contributed by atoms with Gasteiger partial charge >= 0.3 is 0 Å². The highest BCUT2D eigenvalue weighted by Gasteiger charge is 2.24. The number of nitrogens with one attached hydrogen (secondary N) is 1. The molecule has 0 bridgehead atoms. The van der Waals surface area contributed by atoms with E-state index >= 15 is 0 Å².